The largest absolute Gasteiger partial charge is 0.330 e. The minimum Gasteiger partial charge on any atom is -0.330 e. The maximum Gasteiger partial charge on any atom is 0.254 e. The van der Waals surface area contributed by atoms with Crippen molar-refractivity contribution in [2.75, 3.05) is 13.1 Å². The molecule has 0 radical (unpaired) electrons. The van der Waals surface area contributed by atoms with Gasteiger partial charge in [0.15, 0.2) is 0 Å². The van der Waals surface area contributed by atoms with Crippen LogP contribution in [0.3, 0.4) is 0 Å². The molecule has 2 heterocycles. The highest BCUT2D eigenvalue weighted by Gasteiger charge is 2.25. The molecule has 5 heteroatoms. The maximum atomic E-state index is 13.0. The first kappa shape index (κ1) is 18.4. The van der Waals surface area contributed by atoms with Gasteiger partial charge in [0.1, 0.15) is 0 Å². The van der Waals surface area contributed by atoms with Crippen molar-refractivity contribution in [2.24, 2.45) is 0 Å². The Bertz CT molecular complexity index is 613. The van der Waals surface area contributed by atoms with Crippen molar-refractivity contribution in [1.29, 1.82) is 0 Å². The summed E-state index contributed by atoms with van der Waals surface area (Å²) in [7, 11) is 0. The number of nitrogens with one attached hydrogen (secondary N) is 1. The van der Waals surface area contributed by atoms with Gasteiger partial charge in [0.25, 0.3) is 5.91 Å². The molecule has 1 aliphatic rings. The molecule has 0 saturated carbocycles. The highest BCUT2D eigenvalue weighted by molar-refractivity contribution is 5.94. The topological polar surface area (TPSA) is 45.2 Å². The Labute approximate surface area is 149 Å². The number of hydrogen-bond donors (Lipinski definition) is 1. The monoisotopic (exact) mass is 345 g/mol. The van der Waals surface area contributed by atoms with Gasteiger partial charge >= 0.3 is 0 Å². The summed E-state index contributed by atoms with van der Waals surface area (Å²) in [5, 5.41) is 3.42. The number of hydrogen-bond acceptors (Lipinski definition) is 3. The second kappa shape index (κ2) is 9.40. The summed E-state index contributed by atoms with van der Waals surface area (Å²) in [4.78, 5) is 19.4. The average molecular weight is 346 g/mol. The lowest BCUT2D eigenvalue weighted by molar-refractivity contribution is 0.0642. The third-order valence-corrected chi connectivity index (χ3v) is 4.33. The average Bonchev–Trinajstić information content (AvgIpc) is 2.90. The molecule has 1 N–H and O–H groups in total. The third kappa shape index (κ3) is 4.79. The molecule has 1 aliphatic heterocycles. The van der Waals surface area contributed by atoms with Crippen LogP contribution in [0.2, 0.25) is 0 Å². The Morgan fingerprint density at radius 2 is 1.88 bits per heavy atom. The molecule has 0 bridgehead atoms. The van der Waals surface area contributed by atoms with E-state index in [2.05, 4.69) is 10.3 Å². The summed E-state index contributed by atoms with van der Waals surface area (Å²) < 4.78 is 0. The molecule has 1 atom stereocenters. The van der Waals surface area contributed by atoms with Gasteiger partial charge in [-0.3, -0.25) is 9.78 Å². The van der Waals surface area contributed by atoms with Crippen LogP contribution in [0.5, 0.6) is 0 Å². The number of amides is 1. The van der Waals surface area contributed by atoms with Gasteiger partial charge in [0.05, 0.1) is 12.2 Å². The van der Waals surface area contributed by atoms with Crippen LogP contribution in [0.1, 0.15) is 35.3 Å². The van der Waals surface area contributed by atoms with Crippen molar-refractivity contribution >= 4 is 18.3 Å². The van der Waals surface area contributed by atoms with E-state index in [0.717, 1.165) is 43.6 Å². The first-order valence-corrected chi connectivity index (χ1v) is 8.31. The van der Waals surface area contributed by atoms with E-state index >= 15 is 0 Å². The third-order valence-electron chi connectivity index (χ3n) is 4.33. The molecule has 128 valence electrons. The van der Waals surface area contributed by atoms with Crippen molar-refractivity contribution < 1.29 is 4.79 Å². The molecule has 1 amide bonds. The van der Waals surface area contributed by atoms with Crippen LogP contribution in [0.15, 0.2) is 54.7 Å². The summed E-state index contributed by atoms with van der Waals surface area (Å²) in [5.74, 6) is 0.100. The SMILES string of the molecule is Cl.O=C(c1ccccc1)N(Cc1ccccn1)C1CCCNCC1. The smallest absolute Gasteiger partial charge is 0.254 e. The van der Waals surface area contributed by atoms with E-state index in [-0.39, 0.29) is 24.4 Å². The summed E-state index contributed by atoms with van der Waals surface area (Å²) in [6, 6.07) is 15.7. The molecule has 24 heavy (non-hydrogen) atoms. The zero-order valence-corrected chi connectivity index (χ0v) is 14.5. The quantitative estimate of drug-likeness (QED) is 0.924. The predicted molar refractivity (Wildman–Crippen MR) is 98.3 cm³/mol. The number of halogens is 1. The van der Waals surface area contributed by atoms with Gasteiger partial charge < -0.3 is 10.2 Å². The van der Waals surface area contributed by atoms with Crippen molar-refractivity contribution in [1.82, 2.24) is 15.2 Å². The molecule has 2 aromatic rings. The Morgan fingerprint density at radius 1 is 1.08 bits per heavy atom. The molecule has 3 rings (SSSR count). The predicted octanol–water partition coefficient (Wildman–Crippen LogP) is 3.29. The van der Waals surface area contributed by atoms with Gasteiger partial charge in [-0.25, -0.2) is 0 Å². The van der Waals surface area contributed by atoms with Gasteiger partial charge in [-0.15, -0.1) is 12.4 Å². The lowest BCUT2D eigenvalue weighted by Gasteiger charge is -2.31. The molecule has 0 aliphatic carbocycles. The first-order chi connectivity index (χ1) is 11.3. The standard InChI is InChI=1S/C19H23N3O.ClH/c23-19(16-7-2-1-3-8-16)22(15-17-9-4-5-13-21-17)18-10-6-12-20-14-11-18;/h1-5,7-9,13,18,20H,6,10-12,14-15H2;1H. The Kier molecular flexibility index (Phi) is 7.22. The van der Waals surface area contributed by atoms with Crippen molar-refractivity contribution in [2.45, 2.75) is 31.8 Å². The highest BCUT2D eigenvalue weighted by atomic mass is 35.5. The van der Waals surface area contributed by atoms with Crippen LogP contribution >= 0.6 is 12.4 Å². The van der Waals surface area contributed by atoms with E-state index < -0.39 is 0 Å². The van der Waals surface area contributed by atoms with Gasteiger partial charge in [0.2, 0.25) is 0 Å². The molecular weight excluding hydrogens is 322 g/mol. The van der Waals surface area contributed by atoms with E-state index in [9.17, 15) is 4.79 Å². The number of rotatable bonds is 4. The van der Waals surface area contributed by atoms with Crippen LogP contribution in [-0.2, 0) is 6.54 Å². The van der Waals surface area contributed by atoms with E-state index in [1.165, 1.54) is 0 Å². The molecule has 0 spiro atoms. The minimum absolute atomic E-state index is 0. The zero-order valence-electron chi connectivity index (χ0n) is 13.7. The molecule has 4 nitrogen and oxygen atoms in total. The fraction of sp³-hybridized carbons (Fsp3) is 0.368. The number of pyridine rings is 1. The van der Waals surface area contributed by atoms with E-state index in [4.69, 9.17) is 0 Å². The molecular formula is C19H24ClN3O. The van der Waals surface area contributed by atoms with Crippen LogP contribution < -0.4 is 5.32 Å². The fourth-order valence-electron chi connectivity index (χ4n) is 3.09. The fourth-order valence-corrected chi connectivity index (χ4v) is 3.09. The first-order valence-electron chi connectivity index (χ1n) is 8.31. The van der Waals surface area contributed by atoms with Gasteiger partial charge in [0, 0.05) is 17.8 Å². The van der Waals surface area contributed by atoms with E-state index in [1.807, 2.05) is 53.4 Å². The van der Waals surface area contributed by atoms with Crippen LogP contribution in [0.25, 0.3) is 0 Å². The number of nitrogens with zero attached hydrogens (tertiary/aromatic N) is 2. The van der Waals surface area contributed by atoms with Crippen molar-refractivity contribution in [3.05, 3.63) is 66.0 Å². The molecule has 1 saturated heterocycles. The number of aromatic nitrogens is 1. The molecule has 1 aromatic carbocycles. The summed E-state index contributed by atoms with van der Waals surface area (Å²) in [5.41, 5.74) is 1.69. The minimum atomic E-state index is 0. The number of carbonyl (C=O) groups excluding carboxylic acids is 1. The van der Waals surface area contributed by atoms with Gasteiger partial charge in [-0.2, -0.15) is 0 Å². The second-order valence-electron chi connectivity index (χ2n) is 5.95. The normalized spacial score (nSPS) is 17.4. The number of benzene rings is 1. The molecule has 1 fully saturated rings. The van der Waals surface area contributed by atoms with Crippen LogP contribution in [-0.4, -0.2) is 34.9 Å². The summed E-state index contributed by atoms with van der Waals surface area (Å²) in [6.45, 7) is 2.57. The Hall–Kier alpha value is -1.91. The molecule has 1 unspecified atom stereocenters. The van der Waals surface area contributed by atoms with Gasteiger partial charge in [-0.1, -0.05) is 24.3 Å². The maximum absolute atomic E-state index is 13.0. The summed E-state index contributed by atoms with van der Waals surface area (Å²) >= 11 is 0. The van der Waals surface area contributed by atoms with Crippen molar-refractivity contribution in [3.8, 4) is 0 Å². The zero-order chi connectivity index (χ0) is 15.9. The lowest BCUT2D eigenvalue weighted by Crippen LogP contribution is -2.40. The Balaban J connectivity index is 0.00000208. The van der Waals surface area contributed by atoms with Gasteiger partial charge in [-0.05, 0) is 56.6 Å². The Morgan fingerprint density at radius 3 is 2.62 bits per heavy atom. The van der Waals surface area contributed by atoms with Crippen LogP contribution in [0, 0.1) is 0 Å². The number of carbonyl (C=O) groups is 1. The summed E-state index contributed by atoms with van der Waals surface area (Å²) in [6.07, 6.45) is 4.92. The van der Waals surface area contributed by atoms with E-state index in [0.29, 0.717) is 6.54 Å². The highest BCUT2D eigenvalue weighted by Crippen LogP contribution is 2.19. The molecule has 1 aromatic heterocycles. The van der Waals surface area contributed by atoms with E-state index in [1.54, 1.807) is 6.20 Å². The second-order valence-corrected chi connectivity index (χ2v) is 5.95. The lowest BCUT2D eigenvalue weighted by atomic mass is 10.0. The van der Waals surface area contributed by atoms with Crippen LogP contribution in [0.4, 0.5) is 0 Å². The van der Waals surface area contributed by atoms with Crippen molar-refractivity contribution in [3.63, 3.8) is 0 Å².